The van der Waals surface area contributed by atoms with E-state index in [0.717, 1.165) is 0 Å². The van der Waals surface area contributed by atoms with Crippen molar-refractivity contribution in [2.24, 2.45) is 0 Å². The van der Waals surface area contributed by atoms with E-state index in [1.165, 1.54) is 37.3 Å². The third-order valence-electron chi connectivity index (χ3n) is 6.52. The highest BCUT2D eigenvalue weighted by atomic mass is 19.2. The van der Waals surface area contributed by atoms with E-state index in [4.69, 9.17) is 9.47 Å². The van der Waals surface area contributed by atoms with Gasteiger partial charge in [-0.3, -0.25) is 0 Å². The van der Waals surface area contributed by atoms with Gasteiger partial charge in [-0.05, 0) is 79.5 Å². The van der Waals surface area contributed by atoms with Crippen LogP contribution in [0.15, 0.2) is 42.5 Å². The van der Waals surface area contributed by atoms with Crippen LogP contribution in [0.1, 0.15) is 60.8 Å². The first-order chi connectivity index (χ1) is 17.7. The van der Waals surface area contributed by atoms with Gasteiger partial charge in [-0.25, -0.2) is 17.6 Å². The van der Waals surface area contributed by atoms with Crippen LogP contribution in [0.3, 0.4) is 0 Å². The molecule has 2 nitrogen and oxygen atoms in total. The van der Waals surface area contributed by atoms with Gasteiger partial charge in [-0.15, -0.1) is 0 Å². The molecule has 0 aliphatic heterocycles. The summed E-state index contributed by atoms with van der Waals surface area (Å²) in [5.41, 5.74) is 0.893. The summed E-state index contributed by atoms with van der Waals surface area (Å²) in [5.74, 6) is -7.45. The maximum absolute atomic E-state index is 14.9. The van der Waals surface area contributed by atoms with Gasteiger partial charge in [0, 0.05) is 11.1 Å². The lowest BCUT2D eigenvalue weighted by atomic mass is 9.82. The number of ether oxygens (including phenoxy) is 2. The molecule has 0 fully saturated rings. The Morgan fingerprint density at radius 2 is 1.46 bits per heavy atom. The van der Waals surface area contributed by atoms with Crippen molar-refractivity contribution < 1.29 is 35.8 Å². The zero-order valence-electron chi connectivity index (χ0n) is 20.4. The lowest BCUT2D eigenvalue weighted by molar-refractivity contribution is 0.271. The first kappa shape index (κ1) is 26.6. The Hall–Kier alpha value is -3.42. The van der Waals surface area contributed by atoms with Crippen molar-refractivity contribution in [3.8, 4) is 11.5 Å². The molecule has 0 aromatic heterocycles. The van der Waals surface area contributed by atoms with Crippen LogP contribution in [0.4, 0.5) is 26.3 Å². The number of aryl methyl sites for hydroxylation is 1. The second-order valence-corrected chi connectivity index (χ2v) is 9.03. The van der Waals surface area contributed by atoms with E-state index in [-0.39, 0.29) is 40.5 Å². The quantitative estimate of drug-likeness (QED) is 0.277. The highest BCUT2D eigenvalue weighted by molar-refractivity contribution is 5.68. The number of halogens is 6. The normalized spacial score (nSPS) is 15.5. The molecule has 8 heteroatoms. The second kappa shape index (κ2) is 11.3. The molecular formula is C29H26F6O2. The van der Waals surface area contributed by atoms with Crippen molar-refractivity contribution >= 4 is 5.57 Å². The highest BCUT2D eigenvalue weighted by Crippen LogP contribution is 2.39. The molecule has 196 valence electrons. The fourth-order valence-corrected chi connectivity index (χ4v) is 4.39. The summed E-state index contributed by atoms with van der Waals surface area (Å²) in [4.78, 5) is 0. The third kappa shape index (κ3) is 5.48. The maximum Gasteiger partial charge on any atom is 0.201 e. The molecule has 1 aliphatic carbocycles. The number of benzene rings is 3. The minimum absolute atomic E-state index is 0.0357. The topological polar surface area (TPSA) is 18.5 Å². The molecule has 0 radical (unpaired) electrons. The summed E-state index contributed by atoms with van der Waals surface area (Å²) < 4.78 is 96.9. The molecule has 0 heterocycles. The molecule has 0 N–H and O–H groups in total. The molecule has 0 spiro atoms. The molecular weight excluding hydrogens is 494 g/mol. The van der Waals surface area contributed by atoms with Crippen LogP contribution in [-0.4, -0.2) is 6.61 Å². The lowest BCUT2D eigenvalue weighted by Gasteiger charge is -2.24. The van der Waals surface area contributed by atoms with E-state index in [2.05, 4.69) is 0 Å². The molecule has 1 aliphatic rings. The smallest absolute Gasteiger partial charge is 0.201 e. The fraction of sp³-hybridized carbons (Fsp3) is 0.310. The average molecular weight is 521 g/mol. The third-order valence-corrected chi connectivity index (χ3v) is 6.52. The van der Waals surface area contributed by atoms with E-state index >= 15 is 0 Å². The van der Waals surface area contributed by atoms with E-state index in [0.29, 0.717) is 31.3 Å². The van der Waals surface area contributed by atoms with Gasteiger partial charge in [0.05, 0.1) is 6.61 Å². The van der Waals surface area contributed by atoms with Crippen molar-refractivity contribution in [2.45, 2.75) is 52.1 Å². The van der Waals surface area contributed by atoms with Crippen molar-refractivity contribution in [1.82, 2.24) is 0 Å². The number of rotatable bonds is 8. The van der Waals surface area contributed by atoms with Crippen LogP contribution < -0.4 is 9.47 Å². The van der Waals surface area contributed by atoms with Gasteiger partial charge in [-0.1, -0.05) is 25.1 Å². The SMILES string of the molecule is CCCOc1ccc(COc2ccc(C3=CCC(c4ccc(C)c(F)c4F)CC3)c(F)c2F)c(F)c1F. The molecule has 0 saturated heterocycles. The van der Waals surface area contributed by atoms with Crippen LogP contribution in [0, 0.1) is 41.8 Å². The van der Waals surface area contributed by atoms with Gasteiger partial charge < -0.3 is 9.47 Å². The van der Waals surface area contributed by atoms with E-state index in [9.17, 15) is 26.3 Å². The minimum Gasteiger partial charge on any atom is -0.490 e. The van der Waals surface area contributed by atoms with E-state index in [1.807, 2.05) is 6.92 Å². The van der Waals surface area contributed by atoms with Gasteiger partial charge in [0.1, 0.15) is 6.61 Å². The Kier molecular flexibility index (Phi) is 8.15. The zero-order valence-corrected chi connectivity index (χ0v) is 20.4. The van der Waals surface area contributed by atoms with E-state index < -0.39 is 47.3 Å². The molecule has 0 amide bonds. The first-order valence-electron chi connectivity index (χ1n) is 12.1. The molecule has 4 rings (SSSR count). The largest absolute Gasteiger partial charge is 0.490 e. The number of hydrogen-bond donors (Lipinski definition) is 0. The summed E-state index contributed by atoms with van der Waals surface area (Å²) in [6, 6.07) is 8.18. The van der Waals surface area contributed by atoms with Gasteiger partial charge in [-0.2, -0.15) is 8.78 Å². The number of hydrogen-bond acceptors (Lipinski definition) is 2. The highest BCUT2D eigenvalue weighted by Gasteiger charge is 2.25. The molecule has 0 saturated carbocycles. The first-order valence-corrected chi connectivity index (χ1v) is 12.1. The molecule has 1 atom stereocenters. The van der Waals surface area contributed by atoms with Crippen LogP contribution in [0.5, 0.6) is 11.5 Å². The number of allylic oxidation sites excluding steroid dienone is 2. The van der Waals surface area contributed by atoms with Crippen LogP contribution in [-0.2, 0) is 6.61 Å². The molecule has 1 unspecified atom stereocenters. The summed E-state index contributed by atoms with van der Waals surface area (Å²) in [7, 11) is 0. The lowest BCUT2D eigenvalue weighted by Crippen LogP contribution is -2.09. The van der Waals surface area contributed by atoms with E-state index in [1.54, 1.807) is 12.1 Å². The molecule has 37 heavy (non-hydrogen) atoms. The molecule has 0 bridgehead atoms. The molecule has 3 aromatic rings. The van der Waals surface area contributed by atoms with Crippen molar-refractivity contribution in [3.63, 3.8) is 0 Å². The summed E-state index contributed by atoms with van der Waals surface area (Å²) in [6.45, 7) is 3.02. The Bertz CT molecular complexity index is 1330. The Labute approximate surface area is 211 Å². The van der Waals surface area contributed by atoms with Gasteiger partial charge in [0.25, 0.3) is 0 Å². The minimum atomic E-state index is -1.25. The van der Waals surface area contributed by atoms with Crippen LogP contribution in [0.2, 0.25) is 0 Å². The monoisotopic (exact) mass is 520 g/mol. The van der Waals surface area contributed by atoms with Crippen LogP contribution >= 0.6 is 0 Å². The Morgan fingerprint density at radius 1 is 0.757 bits per heavy atom. The van der Waals surface area contributed by atoms with Crippen LogP contribution in [0.25, 0.3) is 5.57 Å². The second-order valence-electron chi connectivity index (χ2n) is 9.03. The average Bonchev–Trinajstić information content (AvgIpc) is 2.90. The van der Waals surface area contributed by atoms with Crippen molar-refractivity contribution in [3.05, 3.63) is 99.6 Å². The predicted octanol–water partition coefficient (Wildman–Crippen LogP) is 8.55. The Morgan fingerprint density at radius 3 is 2.16 bits per heavy atom. The summed E-state index contributed by atoms with van der Waals surface area (Å²) in [6.07, 6.45) is 3.44. The Balaban J connectivity index is 1.47. The standard InChI is InChI=1S/C29H26F6O2/c1-3-14-36-22-12-9-19(25(31)28(22)34)15-37-23-13-11-21(27(33)29(23)35)18-7-5-17(6-8-18)20-10-4-16(2)24(30)26(20)32/h4,7,9-13,17H,3,5-6,8,14-15H2,1-2H3. The fourth-order valence-electron chi connectivity index (χ4n) is 4.39. The summed E-state index contributed by atoms with van der Waals surface area (Å²) >= 11 is 0. The summed E-state index contributed by atoms with van der Waals surface area (Å²) in [5, 5.41) is 0. The zero-order chi connectivity index (χ0) is 26.7. The van der Waals surface area contributed by atoms with Crippen molar-refractivity contribution in [1.29, 1.82) is 0 Å². The predicted molar refractivity (Wildman–Crippen MR) is 128 cm³/mol. The van der Waals surface area contributed by atoms with Crippen molar-refractivity contribution in [2.75, 3.05) is 6.61 Å². The van der Waals surface area contributed by atoms with Gasteiger partial charge in [0.15, 0.2) is 34.8 Å². The maximum atomic E-state index is 14.9. The van der Waals surface area contributed by atoms with Gasteiger partial charge >= 0.3 is 0 Å². The van der Waals surface area contributed by atoms with Gasteiger partial charge in [0.2, 0.25) is 11.6 Å². The molecule has 3 aromatic carbocycles.